The zero-order valence-corrected chi connectivity index (χ0v) is 10.5. The summed E-state index contributed by atoms with van der Waals surface area (Å²) < 4.78 is 10.8. The van der Waals surface area contributed by atoms with Gasteiger partial charge in [0, 0.05) is 17.9 Å². The summed E-state index contributed by atoms with van der Waals surface area (Å²) >= 11 is 6.08. The maximum atomic E-state index is 10.1. The first-order valence-corrected chi connectivity index (χ1v) is 6.27. The Labute approximate surface area is 110 Å². The minimum atomic E-state index is -0.674. The van der Waals surface area contributed by atoms with Crippen molar-refractivity contribution in [3.05, 3.63) is 52.4 Å². The number of fused-ring (bicyclic) bond motifs is 1. The molecule has 3 nitrogen and oxygen atoms in total. The zero-order valence-electron chi connectivity index (χ0n) is 9.73. The first-order valence-electron chi connectivity index (χ1n) is 5.89. The number of hydrogen-bond acceptors (Lipinski definition) is 3. The molecule has 4 heteroatoms. The molecular weight excluding hydrogens is 252 g/mol. The Balaban J connectivity index is 1.89. The Morgan fingerprint density at radius 2 is 2.28 bits per heavy atom. The lowest BCUT2D eigenvalue weighted by atomic mass is 10.0. The number of aliphatic hydroxyl groups is 1. The molecule has 0 bridgehead atoms. The molecule has 1 atom stereocenters. The van der Waals surface area contributed by atoms with Gasteiger partial charge in [0.15, 0.2) is 0 Å². The van der Waals surface area contributed by atoms with Gasteiger partial charge in [0.2, 0.25) is 0 Å². The first-order chi connectivity index (χ1) is 8.74. The number of benzene rings is 1. The molecule has 18 heavy (non-hydrogen) atoms. The van der Waals surface area contributed by atoms with Gasteiger partial charge in [-0.1, -0.05) is 11.6 Å². The van der Waals surface area contributed by atoms with Crippen molar-refractivity contribution in [3.8, 4) is 5.75 Å². The van der Waals surface area contributed by atoms with Crippen molar-refractivity contribution < 1.29 is 14.3 Å². The van der Waals surface area contributed by atoms with E-state index in [1.54, 1.807) is 18.4 Å². The summed E-state index contributed by atoms with van der Waals surface area (Å²) in [4.78, 5) is 0. The predicted octanol–water partition coefficient (Wildman–Crippen LogP) is 3.14. The molecule has 0 aliphatic carbocycles. The fourth-order valence-corrected chi connectivity index (χ4v) is 2.55. The van der Waals surface area contributed by atoms with Crippen LogP contribution in [0.1, 0.15) is 23.0 Å². The van der Waals surface area contributed by atoms with E-state index in [4.69, 9.17) is 20.8 Å². The van der Waals surface area contributed by atoms with Crippen LogP contribution in [0.3, 0.4) is 0 Å². The van der Waals surface area contributed by atoms with Gasteiger partial charge in [-0.2, -0.15) is 0 Å². The van der Waals surface area contributed by atoms with E-state index in [0.29, 0.717) is 23.8 Å². The molecule has 1 aliphatic heterocycles. The Kier molecular flexibility index (Phi) is 3.02. The minimum absolute atomic E-state index is 0.441. The van der Waals surface area contributed by atoms with Gasteiger partial charge in [0.1, 0.15) is 17.6 Å². The summed E-state index contributed by atoms with van der Waals surface area (Å²) in [5, 5.41) is 10.8. The number of aliphatic hydroxyl groups excluding tert-OH is 1. The molecule has 1 aromatic heterocycles. The molecule has 1 aliphatic rings. The van der Waals surface area contributed by atoms with Gasteiger partial charge in [-0.05, 0) is 35.4 Å². The van der Waals surface area contributed by atoms with E-state index in [9.17, 15) is 5.11 Å². The minimum Gasteiger partial charge on any atom is -0.493 e. The number of hydrogen-bond donors (Lipinski definition) is 1. The average Bonchev–Trinajstić information content (AvgIpc) is 2.98. The molecule has 1 aromatic carbocycles. The lowest BCUT2D eigenvalue weighted by Gasteiger charge is -2.12. The molecule has 0 fully saturated rings. The fourth-order valence-electron chi connectivity index (χ4n) is 2.29. The molecule has 0 spiro atoms. The number of rotatable bonds is 3. The van der Waals surface area contributed by atoms with Gasteiger partial charge in [-0.3, -0.25) is 0 Å². The van der Waals surface area contributed by atoms with Crippen LogP contribution in [0.15, 0.2) is 34.9 Å². The third-order valence-corrected chi connectivity index (χ3v) is 3.33. The van der Waals surface area contributed by atoms with Crippen LogP contribution >= 0.6 is 11.6 Å². The van der Waals surface area contributed by atoms with Gasteiger partial charge in [0.05, 0.1) is 12.9 Å². The quantitative estimate of drug-likeness (QED) is 0.926. The van der Waals surface area contributed by atoms with Crippen LogP contribution in [0.2, 0.25) is 5.02 Å². The summed E-state index contributed by atoms with van der Waals surface area (Å²) in [6.45, 7) is 0.680. The molecule has 0 radical (unpaired) electrons. The number of furan rings is 1. The van der Waals surface area contributed by atoms with E-state index in [-0.39, 0.29) is 0 Å². The maximum absolute atomic E-state index is 10.1. The van der Waals surface area contributed by atoms with E-state index >= 15 is 0 Å². The molecule has 0 saturated carbocycles. The number of halogens is 1. The summed E-state index contributed by atoms with van der Waals surface area (Å²) in [6, 6.07) is 7.29. The summed E-state index contributed by atoms with van der Waals surface area (Å²) in [5.41, 5.74) is 2.04. The monoisotopic (exact) mass is 264 g/mol. The summed E-state index contributed by atoms with van der Waals surface area (Å²) in [5.74, 6) is 1.42. The second-order valence-electron chi connectivity index (χ2n) is 4.39. The molecule has 2 aromatic rings. The van der Waals surface area contributed by atoms with Gasteiger partial charge in [-0.25, -0.2) is 0 Å². The van der Waals surface area contributed by atoms with Crippen molar-refractivity contribution in [3.63, 3.8) is 0 Å². The van der Waals surface area contributed by atoms with E-state index < -0.39 is 6.10 Å². The van der Waals surface area contributed by atoms with E-state index in [1.807, 2.05) is 12.1 Å². The molecule has 0 amide bonds. The van der Waals surface area contributed by atoms with Crippen molar-refractivity contribution in [2.45, 2.75) is 18.9 Å². The van der Waals surface area contributed by atoms with Crippen LogP contribution < -0.4 is 4.74 Å². The van der Waals surface area contributed by atoms with Crippen molar-refractivity contribution in [1.29, 1.82) is 0 Å². The predicted molar refractivity (Wildman–Crippen MR) is 68.0 cm³/mol. The van der Waals surface area contributed by atoms with Crippen LogP contribution in [-0.4, -0.2) is 11.7 Å². The molecular formula is C14H13ClO3. The number of ether oxygens (including phenoxy) is 1. The lowest BCUT2D eigenvalue weighted by molar-refractivity contribution is 0.149. The van der Waals surface area contributed by atoms with Gasteiger partial charge in [0.25, 0.3) is 0 Å². The Morgan fingerprint density at radius 3 is 3.06 bits per heavy atom. The molecule has 1 unspecified atom stereocenters. The normalized spacial score (nSPS) is 15.2. The molecule has 1 N–H and O–H groups in total. The van der Waals surface area contributed by atoms with E-state index in [0.717, 1.165) is 23.3 Å². The van der Waals surface area contributed by atoms with Gasteiger partial charge in [-0.15, -0.1) is 0 Å². The van der Waals surface area contributed by atoms with Gasteiger partial charge >= 0.3 is 0 Å². The smallest absolute Gasteiger partial charge is 0.132 e. The third-order valence-electron chi connectivity index (χ3n) is 3.11. The van der Waals surface area contributed by atoms with Crippen LogP contribution in [0, 0.1) is 0 Å². The Bertz CT molecular complexity index is 548. The first kappa shape index (κ1) is 11.6. The second-order valence-corrected chi connectivity index (χ2v) is 4.82. The third kappa shape index (κ3) is 2.11. The van der Waals surface area contributed by atoms with Crippen LogP contribution in [-0.2, 0) is 12.8 Å². The SMILES string of the molecule is OC(Cc1cc(Cl)cc2c1OCC2)c1ccco1. The summed E-state index contributed by atoms with van der Waals surface area (Å²) in [7, 11) is 0. The zero-order chi connectivity index (χ0) is 12.5. The average molecular weight is 265 g/mol. The lowest BCUT2D eigenvalue weighted by Crippen LogP contribution is -2.02. The van der Waals surface area contributed by atoms with Crippen LogP contribution in [0.25, 0.3) is 0 Å². The molecule has 3 rings (SSSR count). The topological polar surface area (TPSA) is 42.6 Å². The highest BCUT2D eigenvalue weighted by Gasteiger charge is 2.21. The highest BCUT2D eigenvalue weighted by atomic mass is 35.5. The largest absolute Gasteiger partial charge is 0.493 e. The Hall–Kier alpha value is -1.45. The fraction of sp³-hybridized carbons (Fsp3) is 0.286. The van der Waals surface area contributed by atoms with E-state index in [2.05, 4.69) is 0 Å². The van der Waals surface area contributed by atoms with Crippen molar-refractivity contribution in [2.75, 3.05) is 6.61 Å². The maximum Gasteiger partial charge on any atom is 0.132 e. The molecule has 2 heterocycles. The Morgan fingerprint density at radius 1 is 1.39 bits per heavy atom. The summed E-state index contributed by atoms with van der Waals surface area (Å²) in [6.07, 6.45) is 2.19. The van der Waals surface area contributed by atoms with Crippen LogP contribution in [0.5, 0.6) is 5.75 Å². The van der Waals surface area contributed by atoms with Crippen molar-refractivity contribution in [2.24, 2.45) is 0 Å². The molecule has 0 saturated heterocycles. The van der Waals surface area contributed by atoms with Crippen molar-refractivity contribution in [1.82, 2.24) is 0 Å². The standard InChI is InChI=1S/C14H13ClO3/c15-11-6-9-3-5-18-14(9)10(7-11)8-12(16)13-2-1-4-17-13/h1-2,4,6-7,12,16H,3,5,8H2. The van der Waals surface area contributed by atoms with Crippen molar-refractivity contribution >= 4 is 11.6 Å². The highest BCUT2D eigenvalue weighted by molar-refractivity contribution is 6.30. The van der Waals surface area contributed by atoms with Gasteiger partial charge < -0.3 is 14.3 Å². The molecule has 94 valence electrons. The van der Waals surface area contributed by atoms with Crippen LogP contribution in [0.4, 0.5) is 0 Å². The highest BCUT2D eigenvalue weighted by Crippen LogP contribution is 2.35. The second kappa shape index (κ2) is 4.67. The van der Waals surface area contributed by atoms with E-state index in [1.165, 1.54) is 0 Å².